The molecule has 0 heterocycles. The Balaban J connectivity index is 3.02. The molecule has 0 aromatic rings. The van der Waals surface area contributed by atoms with Crippen LogP contribution in [0.15, 0.2) is 0 Å². The normalized spacial score (nSPS) is 10.0. The maximum Gasteiger partial charge on any atom is 0.305 e. The fourth-order valence-corrected chi connectivity index (χ4v) is 1.24. The molecule has 0 aromatic heterocycles. The minimum atomic E-state index is -0.106. The number of carbonyl (C=O) groups excluding carboxylic acids is 1. The second kappa shape index (κ2) is 9.56. The number of carbonyl (C=O) groups is 1. The highest BCUT2D eigenvalue weighted by Gasteiger charge is 1.99. The van der Waals surface area contributed by atoms with Gasteiger partial charge in [0.05, 0.1) is 6.61 Å². The van der Waals surface area contributed by atoms with Gasteiger partial charge in [0.25, 0.3) is 0 Å². The van der Waals surface area contributed by atoms with E-state index in [4.69, 9.17) is 4.74 Å². The van der Waals surface area contributed by atoms with Crippen LogP contribution in [0.5, 0.6) is 0 Å². The maximum atomic E-state index is 10.9. The third-order valence-corrected chi connectivity index (χ3v) is 2.00. The molecule has 1 radical (unpaired) electrons. The molecule has 0 bridgehead atoms. The highest BCUT2D eigenvalue weighted by atomic mass is 16.5. The fraction of sp³-hybridized carbons (Fsp3) is 0.818. The zero-order chi connectivity index (χ0) is 9.94. The molecular formula is C11H21O2. The first-order chi connectivity index (χ1) is 6.31. The van der Waals surface area contributed by atoms with Crippen LogP contribution in [0.4, 0.5) is 0 Å². The molecule has 0 N–H and O–H groups in total. The van der Waals surface area contributed by atoms with Crippen LogP contribution >= 0.6 is 0 Å². The standard InChI is InChI=1S/C11H21O2/c1-3-5-6-7-8-9-10-11(12)13-4-2/h2-10H2,1H3. The van der Waals surface area contributed by atoms with Crippen molar-refractivity contribution in [1.82, 2.24) is 0 Å². The number of hydrogen-bond acceptors (Lipinski definition) is 2. The molecule has 2 nitrogen and oxygen atoms in total. The third-order valence-electron chi connectivity index (χ3n) is 2.00. The first-order valence-corrected chi connectivity index (χ1v) is 5.26. The van der Waals surface area contributed by atoms with Gasteiger partial charge < -0.3 is 4.74 Å². The van der Waals surface area contributed by atoms with Crippen LogP contribution in [0.2, 0.25) is 0 Å². The summed E-state index contributed by atoms with van der Waals surface area (Å²) >= 11 is 0. The van der Waals surface area contributed by atoms with Gasteiger partial charge in [-0.2, -0.15) is 0 Å². The maximum absolute atomic E-state index is 10.9. The number of esters is 1. The van der Waals surface area contributed by atoms with Gasteiger partial charge in [-0.3, -0.25) is 4.79 Å². The summed E-state index contributed by atoms with van der Waals surface area (Å²) in [6.07, 6.45) is 7.77. The summed E-state index contributed by atoms with van der Waals surface area (Å²) < 4.78 is 4.72. The molecule has 0 unspecified atom stereocenters. The summed E-state index contributed by atoms with van der Waals surface area (Å²) in [7, 11) is 0. The Morgan fingerprint density at radius 3 is 2.38 bits per heavy atom. The molecule has 0 aromatic carbocycles. The first kappa shape index (κ1) is 12.5. The van der Waals surface area contributed by atoms with E-state index in [1.807, 2.05) is 0 Å². The molecule has 0 aliphatic carbocycles. The zero-order valence-electron chi connectivity index (χ0n) is 8.68. The van der Waals surface area contributed by atoms with Gasteiger partial charge in [-0.05, 0) is 13.3 Å². The summed E-state index contributed by atoms with van der Waals surface area (Å²) in [5.74, 6) is -0.106. The molecule has 0 saturated carbocycles. The molecule has 0 spiro atoms. The van der Waals surface area contributed by atoms with E-state index in [1.165, 1.54) is 25.7 Å². The lowest BCUT2D eigenvalue weighted by atomic mass is 10.1. The van der Waals surface area contributed by atoms with E-state index < -0.39 is 0 Å². The summed E-state index contributed by atoms with van der Waals surface area (Å²) in [4.78, 5) is 10.9. The van der Waals surface area contributed by atoms with E-state index in [1.54, 1.807) is 0 Å². The Hall–Kier alpha value is -0.530. The van der Waals surface area contributed by atoms with Gasteiger partial charge in [-0.1, -0.05) is 39.0 Å². The molecule has 77 valence electrons. The van der Waals surface area contributed by atoms with Crippen molar-refractivity contribution in [2.75, 3.05) is 6.61 Å². The Bertz CT molecular complexity index is 121. The van der Waals surface area contributed by atoms with E-state index in [0.717, 1.165) is 12.8 Å². The molecular weight excluding hydrogens is 164 g/mol. The monoisotopic (exact) mass is 185 g/mol. The molecule has 2 heteroatoms. The van der Waals surface area contributed by atoms with Crippen LogP contribution in [-0.2, 0) is 9.53 Å². The lowest BCUT2D eigenvalue weighted by molar-refractivity contribution is -0.142. The van der Waals surface area contributed by atoms with Crippen LogP contribution in [-0.4, -0.2) is 12.6 Å². The number of rotatable bonds is 8. The van der Waals surface area contributed by atoms with Gasteiger partial charge in [-0.15, -0.1) is 0 Å². The van der Waals surface area contributed by atoms with Crippen molar-refractivity contribution in [1.29, 1.82) is 0 Å². The quantitative estimate of drug-likeness (QED) is 0.429. The number of ether oxygens (including phenoxy) is 1. The molecule has 0 atom stereocenters. The predicted octanol–water partition coefficient (Wildman–Crippen LogP) is 3.11. The largest absolute Gasteiger partial charge is 0.466 e. The van der Waals surface area contributed by atoms with E-state index in [0.29, 0.717) is 6.42 Å². The highest BCUT2D eigenvalue weighted by Crippen LogP contribution is 2.07. The van der Waals surface area contributed by atoms with Gasteiger partial charge in [-0.25, -0.2) is 0 Å². The molecule has 0 saturated heterocycles. The van der Waals surface area contributed by atoms with Crippen molar-refractivity contribution >= 4 is 5.97 Å². The van der Waals surface area contributed by atoms with Gasteiger partial charge in [0.1, 0.15) is 0 Å². The van der Waals surface area contributed by atoms with Crippen molar-refractivity contribution in [2.24, 2.45) is 0 Å². The van der Waals surface area contributed by atoms with Crippen molar-refractivity contribution in [3.8, 4) is 0 Å². The molecule has 0 rings (SSSR count). The van der Waals surface area contributed by atoms with Crippen molar-refractivity contribution in [2.45, 2.75) is 51.9 Å². The van der Waals surface area contributed by atoms with Gasteiger partial charge >= 0.3 is 5.97 Å². The van der Waals surface area contributed by atoms with Crippen molar-refractivity contribution in [3.63, 3.8) is 0 Å². The Morgan fingerprint density at radius 1 is 1.15 bits per heavy atom. The van der Waals surface area contributed by atoms with Crippen LogP contribution in [0, 0.1) is 6.92 Å². The minimum absolute atomic E-state index is 0.106. The van der Waals surface area contributed by atoms with Crippen molar-refractivity contribution in [3.05, 3.63) is 6.92 Å². The van der Waals surface area contributed by atoms with Gasteiger partial charge in [0.15, 0.2) is 0 Å². The number of hydrogen-bond donors (Lipinski definition) is 0. The van der Waals surface area contributed by atoms with E-state index >= 15 is 0 Å². The van der Waals surface area contributed by atoms with E-state index in [2.05, 4.69) is 13.8 Å². The molecule has 0 fully saturated rings. The second-order valence-corrected chi connectivity index (χ2v) is 3.24. The van der Waals surface area contributed by atoms with Crippen LogP contribution in [0.1, 0.15) is 51.9 Å². The lowest BCUT2D eigenvalue weighted by Gasteiger charge is -2.01. The smallest absolute Gasteiger partial charge is 0.305 e. The molecule has 13 heavy (non-hydrogen) atoms. The average Bonchev–Trinajstić information content (AvgIpc) is 2.11. The summed E-state index contributed by atoms with van der Waals surface area (Å²) in [6.45, 7) is 5.91. The Kier molecular flexibility index (Phi) is 9.17. The minimum Gasteiger partial charge on any atom is -0.466 e. The van der Waals surface area contributed by atoms with Crippen LogP contribution in [0.25, 0.3) is 0 Å². The molecule has 0 aliphatic heterocycles. The van der Waals surface area contributed by atoms with Crippen molar-refractivity contribution < 1.29 is 9.53 Å². The highest BCUT2D eigenvalue weighted by molar-refractivity contribution is 5.69. The summed E-state index contributed by atoms with van der Waals surface area (Å²) in [5, 5.41) is 0. The zero-order valence-corrected chi connectivity index (χ0v) is 8.68. The number of unbranched alkanes of at least 4 members (excludes halogenated alkanes) is 5. The second-order valence-electron chi connectivity index (χ2n) is 3.24. The predicted molar refractivity (Wildman–Crippen MR) is 54.3 cm³/mol. The van der Waals surface area contributed by atoms with E-state index in [9.17, 15) is 4.79 Å². The SMILES string of the molecule is [CH2]COC(=O)CCCCCCCC. The third kappa shape index (κ3) is 9.38. The summed E-state index contributed by atoms with van der Waals surface area (Å²) in [5.41, 5.74) is 0. The fourth-order valence-electron chi connectivity index (χ4n) is 1.24. The Morgan fingerprint density at radius 2 is 1.77 bits per heavy atom. The Labute approximate surface area is 81.7 Å². The van der Waals surface area contributed by atoms with Gasteiger partial charge in [0, 0.05) is 6.42 Å². The average molecular weight is 185 g/mol. The molecule has 0 amide bonds. The lowest BCUT2D eigenvalue weighted by Crippen LogP contribution is -2.03. The van der Waals surface area contributed by atoms with E-state index in [-0.39, 0.29) is 12.6 Å². The molecule has 0 aliphatic rings. The van der Waals surface area contributed by atoms with Crippen LogP contribution < -0.4 is 0 Å². The summed E-state index contributed by atoms with van der Waals surface area (Å²) in [6, 6.07) is 0. The first-order valence-electron chi connectivity index (χ1n) is 5.26. The topological polar surface area (TPSA) is 26.3 Å². The van der Waals surface area contributed by atoms with Gasteiger partial charge in [0.2, 0.25) is 0 Å². The van der Waals surface area contributed by atoms with Crippen LogP contribution in [0.3, 0.4) is 0 Å².